The van der Waals surface area contributed by atoms with E-state index in [1.54, 1.807) is 6.07 Å². The number of aliphatic hydroxyl groups excluding tert-OH is 1. The van der Waals surface area contributed by atoms with Crippen LogP contribution in [0.1, 0.15) is 36.5 Å². The maximum Gasteiger partial charge on any atom is 0.269 e. The van der Waals surface area contributed by atoms with Gasteiger partial charge in [0, 0.05) is 26.1 Å². The molecular weight excluding hydrogens is 373 g/mol. The maximum atomic E-state index is 14.5. The molecule has 0 unspecified atom stereocenters. The van der Waals surface area contributed by atoms with Crippen LogP contribution >= 0.6 is 0 Å². The van der Waals surface area contributed by atoms with E-state index >= 15 is 0 Å². The smallest absolute Gasteiger partial charge is 0.269 e. The SMILES string of the molecule is O=C(NCc1ccc(N2CCC(O)CC2)c(F)c1)C1=NO[C@@H](c2ccccc2)C1. The minimum absolute atomic E-state index is 0.212. The molecule has 2 aromatic carbocycles. The number of oxime groups is 1. The van der Waals surface area contributed by atoms with Gasteiger partial charge in [-0.3, -0.25) is 4.79 Å². The van der Waals surface area contributed by atoms with Gasteiger partial charge in [0.05, 0.1) is 11.8 Å². The number of piperidine rings is 1. The molecule has 1 amide bonds. The molecule has 0 radical (unpaired) electrons. The van der Waals surface area contributed by atoms with Crippen molar-refractivity contribution in [2.45, 2.75) is 38.0 Å². The van der Waals surface area contributed by atoms with E-state index in [9.17, 15) is 14.3 Å². The summed E-state index contributed by atoms with van der Waals surface area (Å²) in [7, 11) is 0. The highest BCUT2D eigenvalue weighted by Crippen LogP contribution is 2.27. The van der Waals surface area contributed by atoms with Gasteiger partial charge in [0.15, 0.2) is 6.10 Å². The Hall–Kier alpha value is -2.93. The fourth-order valence-electron chi connectivity index (χ4n) is 3.67. The van der Waals surface area contributed by atoms with Crippen LogP contribution in [0.15, 0.2) is 53.7 Å². The molecule has 1 saturated heterocycles. The molecule has 0 spiro atoms. The lowest BCUT2D eigenvalue weighted by atomic mass is 10.0. The Morgan fingerprint density at radius 3 is 2.69 bits per heavy atom. The zero-order valence-electron chi connectivity index (χ0n) is 16.1. The second-order valence-electron chi connectivity index (χ2n) is 7.43. The van der Waals surface area contributed by atoms with Gasteiger partial charge >= 0.3 is 0 Å². The average Bonchev–Trinajstić information content (AvgIpc) is 3.24. The van der Waals surface area contributed by atoms with E-state index in [-0.39, 0.29) is 30.5 Å². The van der Waals surface area contributed by atoms with Crippen LogP contribution in [0.2, 0.25) is 0 Å². The number of carbonyl (C=O) groups excluding carboxylic acids is 1. The lowest BCUT2D eigenvalue weighted by Crippen LogP contribution is -2.36. The van der Waals surface area contributed by atoms with Crippen molar-refractivity contribution in [2.24, 2.45) is 5.16 Å². The molecule has 0 saturated carbocycles. The van der Waals surface area contributed by atoms with Crippen molar-refractivity contribution < 1.29 is 19.1 Å². The van der Waals surface area contributed by atoms with Crippen molar-refractivity contribution in [3.8, 4) is 0 Å². The molecule has 152 valence electrons. The average molecular weight is 397 g/mol. The lowest BCUT2D eigenvalue weighted by Gasteiger charge is -2.31. The van der Waals surface area contributed by atoms with E-state index in [1.165, 1.54) is 6.07 Å². The van der Waals surface area contributed by atoms with Crippen molar-refractivity contribution >= 4 is 17.3 Å². The summed E-state index contributed by atoms with van der Waals surface area (Å²) >= 11 is 0. The van der Waals surface area contributed by atoms with E-state index < -0.39 is 0 Å². The molecule has 1 fully saturated rings. The van der Waals surface area contributed by atoms with Crippen molar-refractivity contribution in [2.75, 3.05) is 18.0 Å². The number of nitrogens with zero attached hydrogens (tertiary/aromatic N) is 2. The highest BCUT2D eigenvalue weighted by Gasteiger charge is 2.27. The summed E-state index contributed by atoms with van der Waals surface area (Å²) in [4.78, 5) is 19.7. The maximum absolute atomic E-state index is 14.5. The van der Waals surface area contributed by atoms with Crippen molar-refractivity contribution in [1.82, 2.24) is 5.32 Å². The fraction of sp³-hybridized carbons (Fsp3) is 0.364. The van der Waals surface area contributed by atoms with E-state index in [0.717, 1.165) is 5.56 Å². The monoisotopic (exact) mass is 397 g/mol. The second kappa shape index (κ2) is 8.61. The molecule has 6 nitrogen and oxygen atoms in total. The van der Waals surface area contributed by atoms with Crippen LogP contribution < -0.4 is 10.2 Å². The molecule has 29 heavy (non-hydrogen) atoms. The van der Waals surface area contributed by atoms with E-state index in [4.69, 9.17) is 4.84 Å². The molecule has 7 heteroatoms. The van der Waals surface area contributed by atoms with Gasteiger partial charge in [-0.1, -0.05) is 41.6 Å². The van der Waals surface area contributed by atoms with Gasteiger partial charge in [-0.2, -0.15) is 0 Å². The number of amides is 1. The molecule has 2 N–H and O–H groups in total. The van der Waals surface area contributed by atoms with Crippen molar-refractivity contribution in [3.63, 3.8) is 0 Å². The molecule has 1 atom stereocenters. The number of rotatable bonds is 5. The zero-order chi connectivity index (χ0) is 20.2. The van der Waals surface area contributed by atoms with Crippen molar-refractivity contribution in [1.29, 1.82) is 0 Å². The number of benzene rings is 2. The number of aliphatic hydroxyl groups is 1. The largest absolute Gasteiger partial charge is 0.393 e. The third-order valence-electron chi connectivity index (χ3n) is 5.37. The molecular formula is C22H24FN3O3. The standard InChI is InChI=1S/C22H24FN3O3/c23-18-12-15(6-7-20(18)26-10-8-17(27)9-11-26)14-24-22(28)19-13-21(29-25-19)16-4-2-1-3-5-16/h1-7,12,17,21,27H,8-11,13-14H2,(H,24,28)/t21-/m1/s1. The first-order chi connectivity index (χ1) is 14.1. The normalized spacial score (nSPS) is 19.6. The van der Waals surface area contributed by atoms with Gasteiger partial charge in [-0.25, -0.2) is 4.39 Å². The Bertz CT molecular complexity index is 895. The Morgan fingerprint density at radius 2 is 1.97 bits per heavy atom. The summed E-state index contributed by atoms with van der Waals surface area (Å²) in [6.07, 6.45) is 1.14. The first-order valence-electron chi connectivity index (χ1n) is 9.87. The minimum Gasteiger partial charge on any atom is -0.393 e. The number of nitrogens with one attached hydrogen (secondary N) is 1. The summed E-state index contributed by atoms with van der Waals surface area (Å²) in [6, 6.07) is 14.6. The van der Waals surface area contributed by atoms with Gasteiger partial charge in [-0.15, -0.1) is 0 Å². The lowest BCUT2D eigenvalue weighted by molar-refractivity contribution is -0.115. The zero-order valence-corrected chi connectivity index (χ0v) is 16.1. The van der Waals surface area contributed by atoms with Gasteiger partial charge in [0.1, 0.15) is 11.5 Å². The van der Waals surface area contributed by atoms with Crippen LogP contribution in [0.25, 0.3) is 0 Å². The first kappa shape index (κ1) is 19.4. The van der Waals surface area contributed by atoms with E-state index in [2.05, 4.69) is 10.5 Å². The number of anilines is 1. The van der Waals surface area contributed by atoms with Crippen LogP contribution in [0, 0.1) is 5.82 Å². The number of hydrogen-bond acceptors (Lipinski definition) is 5. The summed E-state index contributed by atoms with van der Waals surface area (Å²) in [6.45, 7) is 1.48. The molecule has 0 aromatic heterocycles. The predicted octanol–water partition coefficient (Wildman–Crippen LogP) is 2.92. The van der Waals surface area contributed by atoms with Crippen LogP contribution in [-0.2, 0) is 16.2 Å². The topological polar surface area (TPSA) is 74.2 Å². The van der Waals surface area contributed by atoms with Crippen LogP contribution in [0.4, 0.5) is 10.1 Å². The summed E-state index contributed by atoms with van der Waals surface area (Å²) in [5, 5.41) is 16.3. The third-order valence-corrected chi connectivity index (χ3v) is 5.37. The summed E-state index contributed by atoms with van der Waals surface area (Å²) < 4.78 is 14.5. The first-order valence-corrected chi connectivity index (χ1v) is 9.87. The van der Waals surface area contributed by atoms with Gasteiger partial charge in [0.25, 0.3) is 5.91 Å². The number of hydrogen-bond donors (Lipinski definition) is 2. The van der Waals surface area contributed by atoms with Gasteiger partial charge < -0.3 is 20.2 Å². The molecule has 2 aromatic rings. The van der Waals surface area contributed by atoms with Gasteiger partial charge in [0.2, 0.25) is 0 Å². The highest BCUT2D eigenvalue weighted by atomic mass is 19.1. The molecule has 2 aliphatic rings. The van der Waals surface area contributed by atoms with E-state index in [0.29, 0.717) is 49.3 Å². The van der Waals surface area contributed by atoms with E-state index in [1.807, 2.05) is 41.3 Å². The third kappa shape index (κ3) is 4.56. The predicted molar refractivity (Wildman–Crippen MR) is 108 cm³/mol. The quantitative estimate of drug-likeness (QED) is 0.814. The molecule has 2 aliphatic heterocycles. The Labute approximate surface area is 169 Å². The molecule has 0 aliphatic carbocycles. The number of carbonyl (C=O) groups is 1. The minimum atomic E-state index is -0.321. The Morgan fingerprint density at radius 1 is 1.21 bits per heavy atom. The Kier molecular flexibility index (Phi) is 5.76. The van der Waals surface area contributed by atoms with Crippen LogP contribution in [0.5, 0.6) is 0 Å². The second-order valence-corrected chi connectivity index (χ2v) is 7.43. The fourth-order valence-corrected chi connectivity index (χ4v) is 3.67. The Balaban J connectivity index is 1.31. The molecule has 4 rings (SSSR count). The summed E-state index contributed by atoms with van der Waals surface area (Å²) in [5.41, 5.74) is 2.52. The number of halogens is 1. The molecule has 2 heterocycles. The van der Waals surface area contributed by atoms with Crippen molar-refractivity contribution in [3.05, 3.63) is 65.5 Å². The highest BCUT2D eigenvalue weighted by molar-refractivity contribution is 6.39. The van der Waals surface area contributed by atoms with Crippen LogP contribution in [0.3, 0.4) is 0 Å². The van der Waals surface area contributed by atoms with Crippen LogP contribution in [-0.4, -0.2) is 35.9 Å². The molecule has 0 bridgehead atoms. The van der Waals surface area contributed by atoms with Gasteiger partial charge in [-0.05, 0) is 36.1 Å². The summed E-state index contributed by atoms with van der Waals surface area (Å²) in [5.74, 6) is -0.628.